The summed E-state index contributed by atoms with van der Waals surface area (Å²) in [6.45, 7) is 6.17. The van der Waals surface area contributed by atoms with Crippen molar-refractivity contribution in [1.82, 2.24) is 19.7 Å². The fourth-order valence-electron chi connectivity index (χ4n) is 4.56. The van der Waals surface area contributed by atoms with Crippen molar-refractivity contribution in [3.05, 3.63) is 57.9 Å². The smallest absolute Gasteiger partial charge is 0.256 e. The highest BCUT2D eigenvalue weighted by atomic mass is 19.1. The molecular formula is C25H26FN5O3. The normalized spacial score (nSPS) is 19.6. The predicted molar refractivity (Wildman–Crippen MR) is 127 cm³/mol. The number of aromatic amines is 1. The minimum Gasteiger partial charge on any atom is -0.373 e. The molecule has 34 heavy (non-hydrogen) atoms. The van der Waals surface area contributed by atoms with E-state index in [0.717, 1.165) is 17.0 Å². The number of ether oxygens (including phenoxy) is 1. The van der Waals surface area contributed by atoms with Crippen LogP contribution in [0.2, 0.25) is 0 Å². The van der Waals surface area contributed by atoms with Gasteiger partial charge in [0.1, 0.15) is 5.82 Å². The Labute approximate surface area is 196 Å². The first-order valence-corrected chi connectivity index (χ1v) is 11.1. The van der Waals surface area contributed by atoms with Gasteiger partial charge in [-0.2, -0.15) is 5.10 Å². The highest BCUT2D eigenvalue weighted by Crippen LogP contribution is 2.40. The second-order valence-electron chi connectivity index (χ2n) is 8.98. The third kappa shape index (κ3) is 3.43. The van der Waals surface area contributed by atoms with E-state index >= 15 is 4.39 Å². The third-order valence-corrected chi connectivity index (χ3v) is 6.64. The Morgan fingerprint density at radius 3 is 2.68 bits per heavy atom. The van der Waals surface area contributed by atoms with E-state index in [0.29, 0.717) is 34.7 Å². The molecule has 2 amide bonds. The molecule has 2 aliphatic rings. The maximum absolute atomic E-state index is 15.2. The summed E-state index contributed by atoms with van der Waals surface area (Å²) < 4.78 is 22.9. The maximum atomic E-state index is 15.2. The molecule has 5 rings (SSSR count). The van der Waals surface area contributed by atoms with Crippen molar-refractivity contribution in [3.63, 3.8) is 0 Å². The number of nitrogens with zero attached hydrogens (tertiary/aromatic N) is 3. The predicted octanol–water partition coefficient (Wildman–Crippen LogP) is 3.65. The Morgan fingerprint density at radius 1 is 1.15 bits per heavy atom. The molecule has 2 aromatic heterocycles. The molecule has 0 radical (unpaired) electrons. The summed E-state index contributed by atoms with van der Waals surface area (Å²) in [4.78, 5) is 31.0. The standard InChI is InChI=1S/C25H26FN5O3/c1-12-6-18-20(27-12)9-17-16-7-15(8-19(26)23(16)28-24(17)32)22-14(3)31(5)29-21(22)11-34-10-13(2)30(4)25(18)33/h6-9,13,27H,10-11H2,1-5H3,(H,28,32)/b17-9-/t13-/m1/s1. The Hall–Kier alpha value is -3.72. The molecule has 0 saturated carbocycles. The molecule has 2 aliphatic heterocycles. The van der Waals surface area contributed by atoms with Crippen LogP contribution in [0.4, 0.5) is 10.1 Å². The monoisotopic (exact) mass is 463 g/mol. The van der Waals surface area contributed by atoms with E-state index in [9.17, 15) is 9.59 Å². The number of carbonyl (C=O) groups excluding carboxylic acids is 2. The molecule has 1 aromatic carbocycles. The summed E-state index contributed by atoms with van der Waals surface area (Å²) in [6, 6.07) is 4.76. The Bertz CT molecular complexity index is 1380. The molecule has 176 valence electrons. The summed E-state index contributed by atoms with van der Waals surface area (Å²) >= 11 is 0. The molecule has 9 heteroatoms. The molecule has 0 spiro atoms. The molecule has 0 saturated heterocycles. The lowest BCUT2D eigenvalue weighted by Gasteiger charge is -2.25. The van der Waals surface area contributed by atoms with Crippen molar-refractivity contribution in [2.75, 3.05) is 19.0 Å². The molecule has 3 aromatic rings. The van der Waals surface area contributed by atoms with Gasteiger partial charge < -0.3 is 19.9 Å². The van der Waals surface area contributed by atoms with Crippen LogP contribution in [-0.2, 0) is 23.2 Å². The van der Waals surface area contributed by atoms with Crippen LogP contribution in [0, 0.1) is 19.7 Å². The van der Waals surface area contributed by atoms with Gasteiger partial charge in [0.15, 0.2) is 0 Å². The van der Waals surface area contributed by atoms with Crippen LogP contribution in [0.1, 0.15) is 45.6 Å². The summed E-state index contributed by atoms with van der Waals surface area (Å²) in [6.07, 6.45) is 1.62. The topological polar surface area (TPSA) is 92.2 Å². The van der Waals surface area contributed by atoms with Gasteiger partial charge in [0.2, 0.25) is 0 Å². The van der Waals surface area contributed by atoms with Gasteiger partial charge in [-0.25, -0.2) is 4.39 Å². The van der Waals surface area contributed by atoms with Crippen molar-refractivity contribution in [2.24, 2.45) is 7.05 Å². The van der Waals surface area contributed by atoms with Crippen LogP contribution >= 0.6 is 0 Å². The number of likely N-dealkylation sites (N-methyl/N-ethyl adjacent to an activating group) is 1. The number of nitrogens with one attached hydrogen (secondary N) is 2. The van der Waals surface area contributed by atoms with Gasteiger partial charge in [-0.05, 0) is 50.6 Å². The highest BCUT2D eigenvalue weighted by molar-refractivity contribution is 6.35. The molecule has 1 atom stereocenters. The van der Waals surface area contributed by atoms with Crippen molar-refractivity contribution in [2.45, 2.75) is 33.4 Å². The van der Waals surface area contributed by atoms with E-state index in [1.807, 2.05) is 27.8 Å². The number of carbonyl (C=O) groups is 2. The summed E-state index contributed by atoms with van der Waals surface area (Å²) in [5, 5.41) is 7.21. The van der Waals surface area contributed by atoms with Crippen LogP contribution < -0.4 is 5.32 Å². The lowest BCUT2D eigenvalue weighted by molar-refractivity contribution is -0.110. The van der Waals surface area contributed by atoms with Crippen LogP contribution in [-0.4, -0.2) is 51.2 Å². The average Bonchev–Trinajstić information content (AvgIpc) is 3.40. The number of hydrogen-bond acceptors (Lipinski definition) is 4. The van der Waals surface area contributed by atoms with E-state index < -0.39 is 11.7 Å². The number of benzene rings is 1. The number of halogens is 1. The third-order valence-electron chi connectivity index (χ3n) is 6.64. The first kappa shape index (κ1) is 22.1. The van der Waals surface area contributed by atoms with E-state index in [1.165, 1.54) is 6.07 Å². The number of aromatic nitrogens is 3. The van der Waals surface area contributed by atoms with E-state index in [4.69, 9.17) is 4.74 Å². The van der Waals surface area contributed by atoms with Gasteiger partial charge in [0, 0.05) is 36.6 Å². The van der Waals surface area contributed by atoms with E-state index in [2.05, 4.69) is 15.4 Å². The van der Waals surface area contributed by atoms with Gasteiger partial charge in [-0.15, -0.1) is 0 Å². The molecule has 4 heterocycles. The molecule has 2 N–H and O–H groups in total. The van der Waals surface area contributed by atoms with Gasteiger partial charge in [-0.3, -0.25) is 14.3 Å². The van der Waals surface area contributed by atoms with Crippen LogP contribution in [0.25, 0.3) is 22.8 Å². The van der Waals surface area contributed by atoms with Gasteiger partial charge >= 0.3 is 0 Å². The first-order valence-electron chi connectivity index (χ1n) is 11.1. The van der Waals surface area contributed by atoms with Crippen molar-refractivity contribution >= 4 is 29.2 Å². The highest BCUT2D eigenvalue weighted by Gasteiger charge is 2.31. The fraction of sp³-hybridized carbons (Fsp3) is 0.320. The summed E-state index contributed by atoms with van der Waals surface area (Å²) in [5.41, 5.74) is 5.48. The fourth-order valence-corrected chi connectivity index (χ4v) is 4.56. The Balaban J connectivity index is 1.77. The number of H-pyrrole nitrogens is 1. The number of amides is 2. The zero-order valence-corrected chi connectivity index (χ0v) is 19.7. The second-order valence-corrected chi connectivity index (χ2v) is 8.98. The van der Waals surface area contributed by atoms with Crippen molar-refractivity contribution in [3.8, 4) is 11.1 Å². The quantitative estimate of drug-likeness (QED) is 0.532. The lowest BCUT2D eigenvalue weighted by Crippen LogP contribution is -2.38. The number of fused-ring (bicyclic) bond motifs is 4. The van der Waals surface area contributed by atoms with Gasteiger partial charge in [0.05, 0.1) is 47.5 Å². The maximum Gasteiger partial charge on any atom is 0.256 e. The van der Waals surface area contributed by atoms with E-state index in [1.54, 1.807) is 34.8 Å². The molecule has 0 fully saturated rings. The first-order chi connectivity index (χ1) is 16.2. The van der Waals surface area contributed by atoms with E-state index in [-0.39, 0.29) is 29.8 Å². The second kappa shape index (κ2) is 7.95. The summed E-state index contributed by atoms with van der Waals surface area (Å²) in [7, 11) is 3.55. The Morgan fingerprint density at radius 2 is 1.91 bits per heavy atom. The molecule has 8 nitrogen and oxygen atoms in total. The molecule has 2 bridgehead atoms. The number of anilines is 1. The molecule has 0 aliphatic carbocycles. The zero-order chi connectivity index (χ0) is 24.3. The molecule has 0 unspecified atom stereocenters. The number of rotatable bonds is 0. The SMILES string of the molecule is Cc1cc2c([nH]1)/C=C1\C(=O)Nc3c(F)cc(cc31)-c1c(nn(C)c1C)COC[C@@H](C)N(C)C2=O. The van der Waals surface area contributed by atoms with Crippen molar-refractivity contribution in [1.29, 1.82) is 0 Å². The van der Waals surface area contributed by atoms with Gasteiger partial charge in [0.25, 0.3) is 11.8 Å². The Kier molecular flexibility index (Phi) is 5.16. The minimum atomic E-state index is -0.531. The van der Waals surface area contributed by atoms with Crippen LogP contribution in [0.3, 0.4) is 0 Å². The lowest BCUT2D eigenvalue weighted by atomic mass is 9.97. The number of hydrogen-bond donors (Lipinski definition) is 2. The van der Waals surface area contributed by atoms with Gasteiger partial charge in [-0.1, -0.05) is 0 Å². The zero-order valence-electron chi connectivity index (χ0n) is 19.7. The number of aryl methyl sites for hydroxylation is 2. The van der Waals surface area contributed by atoms with Crippen LogP contribution in [0.15, 0.2) is 18.2 Å². The molecular weight excluding hydrogens is 437 g/mol. The van der Waals surface area contributed by atoms with Crippen LogP contribution in [0.5, 0.6) is 0 Å². The largest absolute Gasteiger partial charge is 0.373 e. The minimum absolute atomic E-state index is 0.130. The summed E-state index contributed by atoms with van der Waals surface area (Å²) in [5.74, 6) is -1.15. The average molecular weight is 464 g/mol. The van der Waals surface area contributed by atoms with Crippen molar-refractivity contribution < 1.29 is 18.7 Å².